The molecule has 0 radical (unpaired) electrons. The van der Waals surface area contributed by atoms with E-state index < -0.39 is 11.0 Å². The highest BCUT2D eigenvalue weighted by atomic mass is 32.1. The third-order valence-corrected chi connectivity index (χ3v) is 3.40. The predicted molar refractivity (Wildman–Crippen MR) is 81.8 cm³/mol. The van der Waals surface area contributed by atoms with E-state index in [1.165, 1.54) is 24.1 Å². The topological polar surface area (TPSA) is 94.3 Å². The molecule has 1 atom stereocenters. The zero-order valence-electron chi connectivity index (χ0n) is 11.8. The van der Waals surface area contributed by atoms with Gasteiger partial charge in [-0.2, -0.15) is 12.6 Å². The molecule has 22 heavy (non-hydrogen) atoms. The maximum absolute atomic E-state index is 12.0. The first kappa shape index (κ1) is 16.1. The number of carbonyl (C=O) groups excluding carboxylic acids is 1. The largest absolute Gasteiger partial charge is 0.444 e. The Morgan fingerprint density at radius 1 is 1.50 bits per heavy atom. The summed E-state index contributed by atoms with van der Waals surface area (Å²) in [7, 11) is 1.40. The molecule has 0 aliphatic carbocycles. The number of non-ortho nitro benzene ring substituents is 1. The van der Waals surface area contributed by atoms with E-state index in [1.807, 2.05) is 0 Å². The summed E-state index contributed by atoms with van der Waals surface area (Å²) in [4.78, 5) is 28.2. The monoisotopic (exact) mass is 325 g/mol. The van der Waals surface area contributed by atoms with Gasteiger partial charge in [-0.3, -0.25) is 15.0 Å². The van der Waals surface area contributed by atoms with Gasteiger partial charge in [-0.25, -0.2) is 4.79 Å². The predicted octanol–water partition coefficient (Wildman–Crippen LogP) is 2.20. The van der Waals surface area contributed by atoms with Crippen molar-refractivity contribution < 1.29 is 19.3 Å². The molecule has 1 aromatic carbocycles. The van der Waals surface area contributed by atoms with Gasteiger partial charge >= 0.3 is 6.09 Å². The summed E-state index contributed by atoms with van der Waals surface area (Å²) in [5, 5.41) is 14.3. The second-order valence-corrected chi connectivity index (χ2v) is 5.37. The molecule has 118 valence electrons. The summed E-state index contributed by atoms with van der Waals surface area (Å²) in [6, 6.07) is 5.81. The maximum atomic E-state index is 12.0. The third-order valence-electron chi connectivity index (χ3n) is 3.05. The van der Waals surface area contributed by atoms with Gasteiger partial charge in [0.2, 0.25) is 0 Å². The van der Waals surface area contributed by atoms with Crippen molar-refractivity contribution in [2.45, 2.75) is 18.3 Å². The number of oxime groups is 1. The number of carbonyl (C=O) groups is 1. The number of hydrogen-bond acceptors (Lipinski definition) is 7. The average molecular weight is 325 g/mol. The minimum Gasteiger partial charge on any atom is -0.444 e. The highest BCUT2D eigenvalue weighted by Gasteiger charge is 2.32. The fourth-order valence-corrected chi connectivity index (χ4v) is 2.34. The molecule has 1 heterocycles. The molecule has 1 aromatic rings. The van der Waals surface area contributed by atoms with Gasteiger partial charge in [0, 0.05) is 30.3 Å². The molecule has 0 saturated carbocycles. The Bertz CT molecular complexity index is 590. The quantitative estimate of drug-likeness (QED) is 0.520. The van der Waals surface area contributed by atoms with Crippen LogP contribution in [0.2, 0.25) is 0 Å². The van der Waals surface area contributed by atoms with E-state index in [9.17, 15) is 14.9 Å². The van der Waals surface area contributed by atoms with E-state index in [0.717, 1.165) is 0 Å². The number of nitrogens with zero attached hydrogens (tertiary/aromatic N) is 3. The summed E-state index contributed by atoms with van der Waals surface area (Å²) in [6.45, 7) is 0.412. The van der Waals surface area contributed by atoms with E-state index >= 15 is 0 Å². The van der Waals surface area contributed by atoms with Crippen LogP contribution in [-0.2, 0) is 16.2 Å². The van der Waals surface area contributed by atoms with Gasteiger partial charge in [0.15, 0.2) is 5.84 Å². The van der Waals surface area contributed by atoms with E-state index in [2.05, 4.69) is 17.8 Å². The molecule has 1 amide bonds. The van der Waals surface area contributed by atoms with Crippen LogP contribution in [0.4, 0.5) is 10.5 Å². The molecule has 0 aromatic heterocycles. The second-order valence-electron chi connectivity index (χ2n) is 4.64. The molecular formula is C13H15N3O5S. The lowest BCUT2D eigenvalue weighted by atomic mass is 10.2. The molecule has 8 nitrogen and oxygen atoms in total. The van der Waals surface area contributed by atoms with Gasteiger partial charge in [0.05, 0.1) is 4.92 Å². The Morgan fingerprint density at radius 3 is 2.77 bits per heavy atom. The number of nitro benzene ring substituents is 1. The van der Waals surface area contributed by atoms with Crippen molar-refractivity contribution in [1.29, 1.82) is 0 Å². The lowest BCUT2D eigenvalue weighted by Crippen LogP contribution is -2.33. The van der Waals surface area contributed by atoms with Crippen LogP contribution in [-0.4, -0.2) is 40.7 Å². The van der Waals surface area contributed by atoms with E-state index in [0.29, 0.717) is 24.4 Å². The Balaban J connectivity index is 1.94. The maximum Gasteiger partial charge on any atom is 0.415 e. The summed E-state index contributed by atoms with van der Waals surface area (Å²) in [6.07, 6.45) is -0.0328. The number of benzene rings is 1. The fraction of sp³-hybridized carbons (Fsp3) is 0.385. The van der Waals surface area contributed by atoms with Crippen LogP contribution < -0.4 is 0 Å². The van der Waals surface area contributed by atoms with Crippen LogP contribution in [0.15, 0.2) is 29.4 Å². The fourth-order valence-electron chi connectivity index (χ4n) is 2.01. The highest BCUT2D eigenvalue weighted by Crippen LogP contribution is 2.19. The molecule has 0 N–H and O–H groups in total. The van der Waals surface area contributed by atoms with Gasteiger partial charge in [-0.15, -0.1) is 0 Å². The van der Waals surface area contributed by atoms with Crippen LogP contribution in [0.1, 0.15) is 12.0 Å². The molecule has 1 unspecified atom stereocenters. The molecule has 1 fully saturated rings. The van der Waals surface area contributed by atoms with Gasteiger partial charge in [0.25, 0.3) is 5.69 Å². The first-order chi connectivity index (χ1) is 10.5. The number of amides is 1. The number of hydrogen-bond donors (Lipinski definition) is 1. The summed E-state index contributed by atoms with van der Waals surface area (Å²) < 4.78 is 5.18. The third kappa shape index (κ3) is 3.88. The van der Waals surface area contributed by atoms with Crippen molar-refractivity contribution in [3.8, 4) is 0 Å². The van der Waals surface area contributed by atoms with Crippen LogP contribution in [0.5, 0.6) is 0 Å². The van der Waals surface area contributed by atoms with Crippen LogP contribution in [0.3, 0.4) is 0 Å². The number of rotatable bonds is 4. The van der Waals surface area contributed by atoms with Crippen molar-refractivity contribution in [2.75, 3.05) is 13.7 Å². The molecule has 9 heteroatoms. The number of thiol groups is 1. The van der Waals surface area contributed by atoms with Gasteiger partial charge in [0.1, 0.15) is 13.7 Å². The first-order valence-corrected chi connectivity index (χ1v) is 6.98. The lowest BCUT2D eigenvalue weighted by molar-refractivity contribution is -0.384. The number of likely N-dealkylation sites (tertiary alicyclic amines) is 1. The first-order valence-electron chi connectivity index (χ1n) is 6.47. The normalized spacial score (nSPS) is 19.3. The van der Waals surface area contributed by atoms with Crippen molar-refractivity contribution in [3.63, 3.8) is 0 Å². The molecule has 1 saturated heterocycles. The molecule has 2 rings (SSSR count). The summed E-state index contributed by atoms with van der Waals surface area (Å²) in [5.41, 5.74) is 0.646. The zero-order valence-corrected chi connectivity index (χ0v) is 12.7. The van der Waals surface area contributed by atoms with Gasteiger partial charge in [-0.1, -0.05) is 5.16 Å². The number of ether oxygens (including phenoxy) is 1. The Kier molecular flexibility index (Phi) is 5.21. The van der Waals surface area contributed by atoms with Crippen LogP contribution in [0.25, 0.3) is 0 Å². The Morgan fingerprint density at radius 2 is 2.18 bits per heavy atom. The zero-order chi connectivity index (χ0) is 16.1. The minimum absolute atomic E-state index is 0.0120. The molecule has 0 spiro atoms. The van der Waals surface area contributed by atoms with E-state index in [1.54, 1.807) is 12.1 Å². The standard InChI is InChI=1S/C13H15N3O5S/c1-20-14-12-6-11(22)7-15(12)13(17)21-8-9-2-4-10(5-3-9)16(18)19/h2-5,11,22H,6-8H2,1H3/b14-12+. The van der Waals surface area contributed by atoms with Crippen LogP contribution in [0, 0.1) is 10.1 Å². The summed E-state index contributed by atoms with van der Waals surface area (Å²) in [5.74, 6) is 0.469. The number of amidine groups is 1. The lowest BCUT2D eigenvalue weighted by Gasteiger charge is -2.16. The van der Waals surface area contributed by atoms with Crippen molar-refractivity contribution in [2.24, 2.45) is 5.16 Å². The van der Waals surface area contributed by atoms with Gasteiger partial charge < -0.3 is 9.57 Å². The van der Waals surface area contributed by atoms with E-state index in [4.69, 9.17) is 9.57 Å². The second kappa shape index (κ2) is 7.12. The van der Waals surface area contributed by atoms with Crippen molar-refractivity contribution >= 4 is 30.2 Å². The average Bonchev–Trinajstić information content (AvgIpc) is 2.86. The SMILES string of the molecule is CO/N=C1\CC(S)CN1C(=O)OCc1ccc([N+](=O)[O-])cc1. The molecule has 1 aliphatic heterocycles. The minimum atomic E-state index is -0.550. The Hall–Kier alpha value is -2.29. The smallest absolute Gasteiger partial charge is 0.415 e. The van der Waals surface area contributed by atoms with E-state index in [-0.39, 0.29) is 17.5 Å². The number of nitro groups is 1. The van der Waals surface area contributed by atoms with Crippen molar-refractivity contribution in [1.82, 2.24) is 4.90 Å². The van der Waals surface area contributed by atoms with Gasteiger partial charge in [-0.05, 0) is 17.7 Å². The Labute approximate surface area is 132 Å². The van der Waals surface area contributed by atoms with Crippen LogP contribution >= 0.6 is 12.6 Å². The van der Waals surface area contributed by atoms with Crippen molar-refractivity contribution in [3.05, 3.63) is 39.9 Å². The molecule has 0 bridgehead atoms. The summed E-state index contributed by atoms with van der Waals surface area (Å²) >= 11 is 4.32. The highest BCUT2D eigenvalue weighted by molar-refractivity contribution is 7.81. The molecule has 1 aliphatic rings. The molecular weight excluding hydrogens is 310 g/mol.